The molecule has 0 N–H and O–H groups in total. The van der Waals surface area contributed by atoms with Crippen molar-refractivity contribution in [3.63, 3.8) is 0 Å². The van der Waals surface area contributed by atoms with Crippen LogP contribution in [0.15, 0.2) is 30.3 Å². The molecule has 0 aliphatic carbocycles. The third-order valence-electron chi connectivity index (χ3n) is 6.60. The maximum atomic E-state index is 13.0. The van der Waals surface area contributed by atoms with Crippen molar-refractivity contribution in [1.29, 1.82) is 5.26 Å². The number of fused-ring (bicyclic) bond motifs is 1. The molecule has 2 aromatic rings. The lowest BCUT2D eigenvalue weighted by Crippen LogP contribution is -2.44. The molecule has 0 saturated carbocycles. The molecule has 8 heteroatoms. The molecular weight excluding hydrogens is 435 g/mol. The summed E-state index contributed by atoms with van der Waals surface area (Å²) >= 11 is 1.44. The first kappa shape index (κ1) is 23.8. The lowest BCUT2D eigenvalue weighted by Gasteiger charge is -2.35. The van der Waals surface area contributed by atoms with E-state index in [0.29, 0.717) is 18.0 Å². The minimum Gasteiger partial charge on any atom is -0.444 e. The van der Waals surface area contributed by atoms with E-state index >= 15 is 0 Å². The molecular formula is C25H31BN2O4S. The minimum absolute atomic E-state index is 0.116. The molecule has 1 amide bonds. The van der Waals surface area contributed by atoms with Gasteiger partial charge in [0.1, 0.15) is 16.5 Å². The second kappa shape index (κ2) is 8.16. The summed E-state index contributed by atoms with van der Waals surface area (Å²) < 4.78 is 18.4. The van der Waals surface area contributed by atoms with E-state index in [4.69, 9.17) is 14.0 Å². The number of hydrogen-bond donors (Lipinski definition) is 0. The lowest BCUT2D eigenvalue weighted by atomic mass is 9.71. The first-order valence-corrected chi connectivity index (χ1v) is 12.1. The average molecular weight is 466 g/mol. The predicted octanol–water partition coefficient (Wildman–Crippen LogP) is 4.80. The molecule has 4 rings (SSSR count). The fourth-order valence-corrected chi connectivity index (χ4v) is 5.25. The molecule has 3 heterocycles. The summed E-state index contributed by atoms with van der Waals surface area (Å²) in [6.07, 6.45) is -0.349. The number of nitriles is 1. The minimum atomic E-state index is -0.583. The summed E-state index contributed by atoms with van der Waals surface area (Å²) in [5.74, 6) is -0.116. The van der Waals surface area contributed by atoms with Crippen LogP contribution in [0.25, 0.3) is 0 Å². The Morgan fingerprint density at radius 3 is 2.42 bits per heavy atom. The Hall–Kier alpha value is -2.34. The van der Waals surface area contributed by atoms with Gasteiger partial charge in [-0.3, -0.25) is 0 Å². The number of rotatable bonds is 2. The van der Waals surface area contributed by atoms with Crippen molar-refractivity contribution < 1.29 is 18.8 Å². The normalized spacial score (nSPS) is 21.5. The number of benzene rings is 1. The van der Waals surface area contributed by atoms with Crippen LogP contribution in [-0.2, 0) is 20.6 Å². The Kier molecular flexibility index (Phi) is 5.89. The van der Waals surface area contributed by atoms with Gasteiger partial charge in [0.2, 0.25) is 0 Å². The number of hydrogen-bond acceptors (Lipinski definition) is 6. The van der Waals surface area contributed by atoms with Crippen molar-refractivity contribution in [1.82, 2.24) is 4.90 Å². The van der Waals surface area contributed by atoms with Gasteiger partial charge in [0.25, 0.3) is 0 Å². The van der Waals surface area contributed by atoms with Gasteiger partial charge in [-0.05, 0) is 71.1 Å². The number of carbonyl (C=O) groups is 1. The number of carbonyl (C=O) groups excluding carboxylic acids is 1. The van der Waals surface area contributed by atoms with E-state index < -0.39 is 23.9 Å². The molecule has 1 aromatic carbocycles. The molecule has 1 saturated heterocycles. The Labute approximate surface area is 200 Å². The molecule has 1 fully saturated rings. The third kappa shape index (κ3) is 4.55. The summed E-state index contributed by atoms with van der Waals surface area (Å²) in [7, 11) is -0.513. The van der Waals surface area contributed by atoms with Crippen LogP contribution in [0.3, 0.4) is 0 Å². The van der Waals surface area contributed by atoms with Gasteiger partial charge in [-0.2, -0.15) is 5.26 Å². The standard InChI is InChI=1S/C25H31BN2O4S/c1-23(2,3)30-22(29)28-14-19(18-12-16(13-27)33-21(18)15-28)17-10-8-9-11-20(17)26-31-24(4,5)25(6,7)32-26/h8-12,19H,14-15H2,1-7H3/t19-/m0/s1. The Morgan fingerprint density at radius 2 is 1.82 bits per heavy atom. The number of nitrogens with zero attached hydrogens (tertiary/aromatic N) is 2. The van der Waals surface area contributed by atoms with Crippen molar-refractivity contribution in [2.75, 3.05) is 6.54 Å². The number of ether oxygens (including phenoxy) is 1. The van der Waals surface area contributed by atoms with E-state index in [1.54, 1.807) is 4.90 Å². The largest absolute Gasteiger partial charge is 0.495 e. The van der Waals surface area contributed by atoms with Crippen LogP contribution < -0.4 is 5.46 Å². The molecule has 1 atom stereocenters. The zero-order valence-electron chi connectivity index (χ0n) is 20.4. The van der Waals surface area contributed by atoms with Gasteiger partial charge in [-0.15, -0.1) is 11.3 Å². The molecule has 2 aliphatic rings. The zero-order valence-corrected chi connectivity index (χ0v) is 21.2. The van der Waals surface area contributed by atoms with Crippen molar-refractivity contribution in [2.45, 2.75) is 77.7 Å². The summed E-state index contributed by atoms with van der Waals surface area (Å²) in [4.78, 5) is 16.4. The van der Waals surface area contributed by atoms with E-state index in [1.807, 2.05) is 72.7 Å². The molecule has 0 unspecified atom stereocenters. The summed E-state index contributed by atoms with van der Waals surface area (Å²) in [6.45, 7) is 14.6. The summed E-state index contributed by atoms with van der Waals surface area (Å²) in [5, 5.41) is 9.53. The van der Waals surface area contributed by atoms with Crippen LogP contribution in [-0.4, -0.2) is 41.5 Å². The topological polar surface area (TPSA) is 71.8 Å². The highest BCUT2D eigenvalue weighted by Crippen LogP contribution is 2.40. The van der Waals surface area contributed by atoms with E-state index in [9.17, 15) is 10.1 Å². The molecule has 2 aliphatic heterocycles. The highest BCUT2D eigenvalue weighted by atomic mass is 32.1. The lowest BCUT2D eigenvalue weighted by molar-refractivity contribution is 0.00578. The smallest absolute Gasteiger partial charge is 0.444 e. The molecule has 0 radical (unpaired) electrons. The van der Waals surface area contributed by atoms with Crippen molar-refractivity contribution in [3.05, 3.63) is 51.2 Å². The van der Waals surface area contributed by atoms with Crippen LogP contribution in [0.4, 0.5) is 4.79 Å². The van der Waals surface area contributed by atoms with Crippen molar-refractivity contribution in [2.24, 2.45) is 0 Å². The van der Waals surface area contributed by atoms with E-state index in [0.717, 1.165) is 21.5 Å². The Balaban J connectivity index is 1.75. The molecule has 0 bridgehead atoms. The highest BCUT2D eigenvalue weighted by Gasteiger charge is 2.52. The zero-order chi connectivity index (χ0) is 24.2. The summed E-state index contributed by atoms with van der Waals surface area (Å²) in [5.41, 5.74) is 1.57. The van der Waals surface area contributed by atoms with Crippen molar-refractivity contribution >= 4 is 30.0 Å². The maximum Gasteiger partial charge on any atom is 0.495 e. The number of thiophene rings is 1. The van der Waals surface area contributed by atoms with Crippen LogP contribution in [0.5, 0.6) is 0 Å². The van der Waals surface area contributed by atoms with Crippen LogP contribution in [0.2, 0.25) is 0 Å². The molecule has 6 nitrogen and oxygen atoms in total. The van der Waals surface area contributed by atoms with Crippen LogP contribution >= 0.6 is 11.3 Å². The van der Waals surface area contributed by atoms with Gasteiger partial charge in [0, 0.05) is 17.3 Å². The van der Waals surface area contributed by atoms with Gasteiger partial charge >= 0.3 is 13.2 Å². The SMILES string of the molecule is CC(C)(C)OC(=O)N1Cc2sc(C#N)cc2[C@H](c2ccccc2B2OC(C)(C)C(C)(C)O2)C1. The Bertz CT molecular complexity index is 1100. The number of amides is 1. The van der Waals surface area contributed by atoms with Crippen molar-refractivity contribution in [3.8, 4) is 6.07 Å². The first-order chi connectivity index (χ1) is 15.3. The highest BCUT2D eigenvalue weighted by molar-refractivity contribution is 7.12. The quantitative estimate of drug-likeness (QED) is 0.595. The third-order valence-corrected chi connectivity index (χ3v) is 7.64. The van der Waals surface area contributed by atoms with Gasteiger partial charge in [0.15, 0.2) is 0 Å². The molecule has 0 spiro atoms. The van der Waals surface area contributed by atoms with Gasteiger partial charge in [0.05, 0.1) is 17.7 Å². The Morgan fingerprint density at radius 1 is 1.18 bits per heavy atom. The molecule has 33 heavy (non-hydrogen) atoms. The van der Waals surface area contributed by atoms with E-state index in [1.165, 1.54) is 11.3 Å². The average Bonchev–Trinajstić information content (AvgIpc) is 3.23. The fourth-order valence-electron chi connectivity index (χ4n) is 4.22. The summed E-state index contributed by atoms with van der Waals surface area (Å²) in [6, 6.07) is 12.3. The monoisotopic (exact) mass is 466 g/mol. The van der Waals surface area contributed by atoms with E-state index in [-0.39, 0.29) is 12.0 Å². The van der Waals surface area contributed by atoms with Gasteiger partial charge < -0.3 is 18.9 Å². The maximum absolute atomic E-state index is 13.0. The second-order valence-electron chi connectivity index (χ2n) is 10.7. The van der Waals surface area contributed by atoms with Gasteiger partial charge in [-0.1, -0.05) is 24.3 Å². The second-order valence-corrected chi connectivity index (χ2v) is 11.9. The fraction of sp³-hybridized carbons (Fsp3) is 0.520. The molecule has 174 valence electrons. The van der Waals surface area contributed by atoms with Crippen LogP contribution in [0, 0.1) is 11.3 Å². The predicted molar refractivity (Wildman–Crippen MR) is 130 cm³/mol. The van der Waals surface area contributed by atoms with Gasteiger partial charge in [-0.25, -0.2) is 4.79 Å². The van der Waals surface area contributed by atoms with E-state index in [2.05, 4.69) is 12.1 Å². The first-order valence-electron chi connectivity index (χ1n) is 11.3. The molecule has 1 aromatic heterocycles. The van der Waals surface area contributed by atoms with Crippen LogP contribution in [0.1, 0.15) is 75.3 Å².